The Hall–Kier alpha value is -2.60. The normalized spacial score (nSPS) is 16.0. The third-order valence-electron chi connectivity index (χ3n) is 5.65. The molecule has 0 spiro atoms. The van der Waals surface area contributed by atoms with Crippen molar-refractivity contribution in [1.82, 2.24) is 30.1 Å². The molecule has 0 saturated carbocycles. The molecule has 0 bridgehead atoms. The molecule has 33 heavy (non-hydrogen) atoms. The van der Waals surface area contributed by atoms with Crippen LogP contribution in [0.3, 0.4) is 0 Å². The molecule has 0 amide bonds. The van der Waals surface area contributed by atoms with Crippen molar-refractivity contribution in [3.05, 3.63) is 46.3 Å². The van der Waals surface area contributed by atoms with Gasteiger partial charge in [-0.1, -0.05) is 0 Å². The van der Waals surface area contributed by atoms with Crippen molar-refractivity contribution in [1.29, 1.82) is 5.41 Å². The zero-order valence-corrected chi connectivity index (χ0v) is 20.1. The van der Waals surface area contributed by atoms with E-state index in [1.807, 2.05) is 22.7 Å². The van der Waals surface area contributed by atoms with Crippen molar-refractivity contribution >= 4 is 21.8 Å². The number of hydrogen-bond acceptors (Lipinski definition) is 6. The van der Waals surface area contributed by atoms with Gasteiger partial charge in [0.1, 0.15) is 23.2 Å². The molecule has 3 rings (SSSR count). The number of likely N-dealkylation sites (N-methyl/N-ethyl adjacent to an activating group) is 1. The predicted molar refractivity (Wildman–Crippen MR) is 125 cm³/mol. The number of piperidine rings is 1. The lowest BCUT2D eigenvalue weighted by Gasteiger charge is -2.33. The number of rotatable bonds is 7. The van der Waals surface area contributed by atoms with Crippen molar-refractivity contribution in [2.24, 2.45) is 5.73 Å². The second-order valence-corrected chi connectivity index (χ2v) is 8.59. The lowest BCUT2D eigenvalue weighted by atomic mass is 9.95. The van der Waals surface area contributed by atoms with E-state index >= 15 is 0 Å². The zero-order chi connectivity index (χ0) is 24.2. The molecular weight excluding hydrogens is 501 g/mol. The molecule has 0 aliphatic carbocycles. The molecule has 8 nitrogen and oxygen atoms in total. The van der Waals surface area contributed by atoms with Gasteiger partial charge in [-0.05, 0) is 48.0 Å². The fraction of sp³-hybridized carbons (Fsp3) is 0.476. The molecule has 3 heterocycles. The molecule has 1 fully saturated rings. The summed E-state index contributed by atoms with van der Waals surface area (Å²) in [7, 11) is 3.54. The Bertz CT molecular complexity index is 1010. The van der Waals surface area contributed by atoms with Crippen LogP contribution in [0.2, 0.25) is 0 Å². The predicted octanol–water partition coefficient (Wildman–Crippen LogP) is 3.08. The second-order valence-electron chi connectivity index (χ2n) is 7.80. The van der Waals surface area contributed by atoms with Crippen LogP contribution in [0.25, 0.3) is 11.3 Å². The maximum atomic E-state index is 13.1. The molecule has 2 aromatic heterocycles. The first-order valence-corrected chi connectivity index (χ1v) is 11.4. The van der Waals surface area contributed by atoms with E-state index in [2.05, 4.69) is 31.5 Å². The van der Waals surface area contributed by atoms with Crippen molar-refractivity contribution in [3.63, 3.8) is 0 Å². The van der Waals surface area contributed by atoms with Crippen LogP contribution >= 0.6 is 15.9 Å². The van der Waals surface area contributed by atoms with Gasteiger partial charge >= 0.3 is 6.18 Å². The van der Waals surface area contributed by atoms with Gasteiger partial charge in [0.15, 0.2) is 0 Å². The highest BCUT2D eigenvalue weighted by Gasteiger charge is 2.33. The first-order chi connectivity index (χ1) is 15.7. The van der Waals surface area contributed by atoms with Crippen LogP contribution < -0.4 is 16.4 Å². The van der Waals surface area contributed by atoms with Crippen LogP contribution in [0.5, 0.6) is 0 Å². The smallest absolute Gasteiger partial charge is 0.384 e. The SMILES string of the molecule is CNCCn1cc(-c2ccnc(C(F)(F)F)c2)nc1C1CCN(C(=N)/C(Br)=C(/N)NC)CC1. The van der Waals surface area contributed by atoms with E-state index < -0.39 is 11.9 Å². The number of alkyl halides is 3. The Labute approximate surface area is 199 Å². The number of aromatic nitrogens is 3. The van der Waals surface area contributed by atoms with Crippen molar-refractivity contribution < 1.29 is 13.2 Å². The van der Waals surface area contributed by atoms with Gasteiger partial charge in [0, 0.05) is 57.1 Å². The van der Waals surface area contributed by atoms with Gasteiger partial charge < -0.3 is 25.8 Å². The van der Waals surface area contributed by atoms with Crippen LogP contribution in [0, 0.1) is 5.41 Å². The van der Waals surface area contributed by atoms with E-state index in [9.17, 15) is 13.2 Å². The van der Waals surface area contributed by atoms with Crippen LogP contribution in [0.15, 0.2) is 34.8 Å². The minimum Gasteiger partial charge on any atom is -0.384 e. The molecular formula is C21H28BrF3N8. The van der Waals surface area contributed by atoms with Crippen molar-refractivity contribution in [3.8, 4) is 11.3 Å². The topological polar surface area (TPSA) is 108 Å². The van der Waals surface area contributed by atoms with E-state index in [0.29, 0.717) is 53.6 Å². The largest absolute Gasteiger partial charge is 0.433 e. The summed E-state index contributed by atoms with van der Waals surface area (Å²) in [6.45, 7) is 2.66. The first kappa shape index (κ1) is 25.0. The number of amidine groups is 1. The third-order valence-corrected chi connectivity index (χ3v) is 6.45. The quantitative estimate of drug-likeness (QED) is 0.325. The molecule has 0 radical (unpaired) electrons. The summed E-state index contributed by atoms with van der Waals surface area (Å²) in [4.78, 5) is 10.1. The lowest BCUT2D eigenvalue weighted by molar-refractivity contribution is -0.141. The Morgan fingerprint density at radius 2 is 2.00 bits per heavy atom. The lowest BCUT2D eigenvalue weighted by Crippen LogP contribution is -2.39. The molecule has 1 aliphatic heterocycles. The number of halogens is 4. The second kappa shape index (κ2) is 10.6. The number of nitrogens with two attached hydrogens (primary N) is 1. The Morgan fingerprint density at radius 3 is 2.61 bits per heavy atom. The third kappa shape index (κ3) is 5.85. The minimum absolute atomic E-state index is 0.132. The van der Waals surface area contributed by atoms with Crippen molar-refractivity contribution in [2.75, 3.05) is 33.7 Å². The van der Waals surface area contributed by atoms with Crippen LogP contribution in [-0.2, 0) is 12.7 Å². The minimum atomic E-state index is -4.51. The summed E-state index contributed by atoms with van der Waals surface area (Å²) in [5.74, 6) is 1.69. The average Bonchev–Trinajstić information content (AvgIpc) is 3.25. The highest BCUT2D eigenvalue weighted by Crippen LogP contribution is 2.33. The number of pyridine rings is 1. The summed E-state index contributed by atoms with van der Waals surface area (Å²) in [5, 5.41) is 14.3. The van der Waals surface area contributed by atoms with E-state index in [1.165, 1.54) is 0 Å². The fourth-order valence-corrected chi connectivity index (χ4v) is 4.24. The molecule has 0 unspecified atom stereocenters. The van der Waals surface area contributed by atoms with Gasteiger partial charge in [0.25, 0.3) is 0 Å². The molecule has 1 aliphatic rings. The summed E-state index contributed by atoms with van der Waals surface area (Å²) >= 11 is 3.37. The van der Waals surface area contributed by atoms with E-state index in [4.69, 9.17) is 16.1 Å². The summed E-state index contributed by atoms with van der Waals surface area (Å²) < 4.78 is 41.9. The molecule has 12 heteroatoms. The Morgan fingerprint density at radius 1 is 1.30 bits per heavy atom. The number of imidazole rings is 1. The van der Waals surface area contributed by atoms with E-state index in [-0.39, 0.29) is 5.92 Å². The molecule has 2 aromatic rings. The van der Waals surface area contributed by atoms with Crippen molar-refractivity contribution in [2.45, 2.75) is 31.5 Å². The Balaban J connectivity index is 1.82. The summed E-state index contributed by atoms with van der Waals surface area (Å²) in [6.07, 6.45) is -0.00487. The summed E-state index contributed by atoms with van der Waals surface area (Å²) in [6, 6.07) is 2.58. The van der Waals surface area contributed by atoms with E-state index in [1.54, 1.807) is 13.1 Å². The molecule has 0 atom stereocenters. The molecule has 0 aromatic carbocycles. The maximum Gasteiger partial charge on any atom is 0.433 e. The van der Waals surface area contributed by atoms with Gasteiger partial charge in [0.2, 0.25) is 0 Å². The van der Waals surface area contributed by atoms with Gasteiger partial charge in [0.05, 0.1) is 10.2 Å². The molecule has 5 N–H and O–H groups in total. The van der Waals surface area contributed by atoms with Crippen LogP contribution in [-0.4, -0.2) is 59.0 Å². The van der Waals surface area contributed by atoms with Gasteiger partial charge in [-0.3, -0.25) is 10.4 Å². The number of nitrogens with one attached hydrogen (secondary N) is 3. The van der Waals surface area contributed by atoms with Crippen LogP contribution in [0.4, 0.5) is 13.2 Å². The van der Waals surface area contributed by atoms with Crippen LogP contribution in [0.1, 0.15) is 30.3 Å². The average molecular weight is 529 g/mol. The number of likely N-dealkylation sites (tertiary alicyclic amines) is 1. The fourth-order valence-electron chi connectivity index (χ4n) is 3.79. The molecule has 1 saturated heterocycles. The highest BCUT2D eigenvalue weighted by atomic mass is 79.9. The van der Waals surface area contributed by atoms with Gasteiger partial charge in [-0.2, -0.15) is 13.2 Å². The monoisotopic (exact) mass is 528 g/mol. The maximum absolute atomic E-state index is 13.1. The first-order valence-electron chi connectivity index (χ1n) is 10.6. The molecule has 180 valence electrons. The van der Waals surface area contributed by atoms with Gasteiger partial charge in [-0.15, -0.1) is 0 Å². The summed E-state index contributed by atoms with van der Waals surface area (Å²) in [5.41, 5.74) is 5.82. The standard InChI is InChI=1S/C21H28BrF3N8/c1-28-7-10-33-12-15(14-3-6-30-16(11-14)21(23,24)25)31-20(33)13-4-8-32(9-5-13)19(27)17(22)18(26)29-2/h3,6,11-13,27-29H,4-5,7-10,26H2,1-2H3/b18-17+,27-19?. The zero-order valence-electron chi connectivity index (χ0n) is 18.5. The highest BCUT2D eigenvalue weighted by molar-refractivity contribution is 9.12. The Kier molecular flexibility index (Phi) is 8.01. The van der Waals surface area contributed by atoms with E-state index in [0.717, 1.165) is 30.9 Å². The number of hydrogen-bond donors (Lipinski definition) is 4. The van der Waals surface area contributed by atoms with Gasteiger partial charge in [-0.25, -0.2) is 4.98 Å². The number of nitrogens with zero attached hydrogens (tertiary/aromatic N) is 4.